The van der Waals surface area contributed by atoms with Crippen LogP contribution < -0.4 is 0 Å². The number of ether oxygens (including phenoxy) is 2. The first-order valence-electron chi connectivity index (χ1n) is 5.16. The van der Waals surface area contributed by atoms with Crippen LogP contribution in [0.2, 0.25) is 0 Å². The molecular weight excluding hydrogens is 184 g/mol. The lowest BCUT2D eigenvalue weighted by Gasteiger charge is -2.34. The molecule has 0 aliphatic carbocycles. The third-order valence-corrected chi connectivity index (χ3v) is 4.58. The van der Waals surface area contributed by atoms with Crippen LogP contribution in [-0.4, -0.2) is 46.8 Å². The van der Waals surface area contributed by atoms with Crippen LogP contribution in [0, 0.1) is 11.8 Å². The zero-order valence-corrected chi connectivity index (χ0v) is 8.43. The highest BCUT2D eigenvalue weighted by atomic mass is 16.7. The number of aliphatic hydroxyl groups is 2. The molecule has 0 spiro atoms. The van der Waals surface area contributed by atoms with Crippen LogP contribution in [0.25, 0.3) is 0 Å². The maximum Gasteiger partial charge on any atom is 0.124 e. The highest BCUT2D eigenvalue weighted by Crippen LogP contribution is 2.66. The summed E-state index contributed by atoms with van der Waals surface area (Å²) in [6, 6.07) is 0. The molecule has 0 saturated carbocycles. The van der Waals surface area contributed by atoms with Gasteiger partial charge in [-0.05, 0) is 13.8 Å². The van der Waals surface area contributed by atoms with Gasteiger partial charge in [-0.25, -0.2) is 0 Å². The van der Waals surface area contributed by atoms with Gasteiger partial charge in [-0.2, -0.15) is 0 Å². The van der Waals surface area contributed by atoms with Crippen molar-refractivity contribution in [2.75, 3.05) is 13.2 Å². The number of hydrogen-bond acceptors (Lipinski definition) is 4. The van der Waals surface area contributed by atoms with Gasteiger partial charge in [-0.3, -0.25) is 0 Å². The molecule has 3 aliphatic heterocycles. The molecule has 0 amide bonds. The van der Waals surface area contributed by atoms with E-state index in [0.717, 1.165) is 0 Å². The van der Waals surface area contributed by atoms with Gasteiger partial charge in [0.25, 0.3) is 0 Å². The van der Waals surface area contributed by atoms with Crippen molar-refractivity contribution in [2.45, 2.75) is 37.3 Å². The first-order chi connectivity index (χ1) is 6.58. The summed E-state index contributed by atoms with van der Waals surface area (Å²) in [6.07, 6.45) is 0.111. The summed E-state index contributed by atoms with van der Waals surface area (Å²) >= 11 is 0. The Morgan fingerprint density at radius 1 is 1.07 bits per heavy atom. The first kappa shape index (κ1) is 9.09. The van der Waals surface area contributed by atoms with Crippen LogP contribution in [0.3, 0.4) is 0 Å². The van der Waals surface area contributed by atoms with Gasteiger partial charge in [0.1, 0.15) is 17.3 Å². The van der Waals surface area contributed by atoms with E-state index in [-0.39, 0.29) is 42.9 Å². The zero-order chi connectivity index (χ0) is 10.1. The quantitative estimate of drug-likeness (QED) is 0.592. The minimum absolute atomic E-state index is 0.00116. The molecule has 3 saturated heterocycles. The highest BCUT2D eigenvalue weighted by molar-refractivity contribution is 5.28. The maximum absolute atomic E-state index is 9.36. The van der Waals surface area contributed by atoms with E-state index >= 15 is 0 Å². The lowest BCUT2D eigenvalue weighted by Crippen LogP contribution is -2.50. The van der Waals surface area contributed by atoms with Gasteiger partial charge < -0.3 is 19.7 Å². The fraction of sp³-hybridized carbons (Fsp3) is 1.00. The Balaban J connectivity index is 1.99. The maximum atomic E-state index is 9.36. The zero-order valence-electron chi connectivity index (χ0n) is 8.43. The van der Waals surface area contributed by atoms with Crippen LogP contribution >= 0.6 is 0 Å². The van der Waals surface area contributed by atoms with E-state index in [9.17, 15) is 10.2 Å². The lowest BCUT2D eigenvalue weighted by molar-refractivity contribution is -0.0907. The molecule has 4 heteroatoms. The van der Waals surface area contributed by atoms with Crippen LogP contribution in [0.1, 0.15) is 13.8 Å². The van der Waals surface area contributed by atoms with E-state index < -0.39 is 5.60 Å². The summed E-state index contributed by atoms with van der Waals surface area (Å²) in [5, 5.41) is 18.6. The predicted octanol–water partition coefficient (Wildman–Crippen LogP) is -0.468. The lowest BCUT2D eigenvalue weighted by atomic mass is 9.68. The van der Waals surface area contributed by atoms with Gasteiger partial charge in [0.05, 0.1) is 6.10 Å². The standard InChI is InChI=1S/C10H16O4/c1-9-6(4-12)5(3-11)7(13-9)8-10(9,2)14-8/h5-8,11-12H,3-4H2,1-2H3/t5-,6+,7-,8-,9+,10-/m0/s1. The number of rotatable bonds is 2. The molecule has 0 unspecified atom stereocenters. The van der Waals surface area contributed by atoms with E-state index in [1.165, 1.54) is 0 Å². The van der Waals surface area contributed by atoms with Gasteiger partial charge in [-0.15, -0.1) is 0 Å². The van der Waals surface area contributed by atoms with E-state index in [1.54, 1.807) is 0 Å². The SMILES string of the molecule is C[C@]12O[C@H]1[C@H]1O[C@]2(C)[C@H](CO)[C@@H]1CO. The summed E-state index contributed by atoms with van der Waals surface area (Å²) < 4.78 is 11.5. The van der Waals surface area contributed by atoms with E-state index in [2.05, 4.69) is 0 Å². The van der Waals surface area contributed by atoms with Crippen molar-refractivity contribution in [1.29, 1.82) is 0 Å². The predicted molar refractivity (Wildman–Crippen MR) is 47.7 cm³/mol. The molecule has 4 nitrogen and oxygen atoms in total. The van der Waals surface area contributed by atoms with Gasteiger partial charge in [0.15, 0.2) is 0 Å². The fourth-order valence-electron chi connectivity index (χ4n) is 3.42. The number of fused-ring (bicyclic) bond motifs is 5. The Morgan fingerprint density at radius 3 is 2.36 bits per heavy atom. The van der Waals surface area contributed by atoms with E-state index in [1.807, 2.05) is 13.8 Å². The summed E-state index contributed by atoms with van der Waals surface area (Å²) in [6.45, 7) is 4.16. The topological polar surface area (TPSA) is 62.2 Å². The van der Waals surface area contributed by atoms with Gasteiger partial charge in [-0.1, -0.05) is 0 Å². The molecule has 3 aliphatic rings. The Bertz CT molecular complexity index is 281. The molecule has 2 bridgehead atoms. The number of epoxide rings is 1. The molecule has 80 valence electrons. The average Bonchev–Trinajstić information content (AvgIpc) is 2.69. The van der Waals surface area contributed by atoms with Crippen molar-refractivity contribution < 1.29 is 19.7 Å². The van der Waals surface area contributed by atoms with E-state index in [0.29, 0.717) is 0 Å². The Labute approximate surface area is 82.8 Å². The average molecular weight is 200 g/mol. The monoisotopic (exact) mass is 200 g/mol. The second-order valence-corrected chi connectivity index (χ2v) is 4.97. The molecule has 14 heavy (non-hydrogen) atoms. The molecule has 0 aromatic heterocycles. The molecular formula is C10H16O4. The van der Waals surface area contributed by atoms with Crippen LogP contribution in [0.15, 0.2) is 0 Å². The second-order valence-electron chi connectivity index (χ2n) is 4.97. The summed E-state index contributed by atoms with van der Waals surface area (Å²) in [7, 11) is 0. The minimum Gasteiger partial charge on any atom is -0.396 e. The number of hydrogen-bond donors (Lipinski definition) is 2. The fourth-order valence-corrected chi connectivity index (χ4v) is 3.42. The van der Waals surface area contributed by atoms with Crippen molar-refractivity contribution in [1.82, 2.24) is 0 Å². The van der Waals surface area contributed by atoms with Crippen molar-refractivity contribution in [2.24, 2.45) is 11.8 Å². The molecule has 0 aromatic rings. The molecule has 0 radical (unpaired) electrons. The van der Waals surface area contributed by atoms with Crippen LogP contribution in [0.5, 0.6) is 0 Å². The molecule has 3 heterocycles. The number of aliphatic hydroxyl groups excluding tert-OH is 2. The summed E-state index contributed by atoms with van der Waals surface area (Å²) in [5.41, 5.74) is -0.638. The van der Waals surface area contributed by atoms with Crippen molar-refractivity contribution in [3.05, 3.63) is 0 Å². The van der Waals surface area contributed by atoms with Gasteiger partial charge >= 0.3 is 0 Å². The summed E-state index contributed by atoms with van der Waals surface area (Å²) in [5.74, 6) is 0.0341. The van der Waals surface area contributed by atoms with Crippen LogP contribution in [0.4, 0.5) is 0 Å². The molecule has 2 N–H and O–H groups in total. The Morgan fingerprint density at radius 2 is 1.79 bits per heavy atom. The first-order valence-corrected chi connectivity index (χ1v) is 5.16. The van der Waals surface area contributed by atoms with Crippen molar-refractivity contribution in [3.8, 4) is 0 Å². The van der Waals surface area contributed by atoms with Crippen LogP contribution in [-0.2, 0) is 9.47 Å². The van der Waals surface area contributed by atoms with Crippen molar-refractivity contribution in [3.63, 3.8) is 0 Å². The molecule has 3 rings (SSSR count). The minimum atomic E-state index is -0.412. The smallest absolute Gasteiger partial charge is 0.124 e. The third-order valence-electron chi connectivity index (χ3n) is 4.58. The summed E-state index contributed by atoms with van der Waals surface area (Å²) in [4.78, 5) is 0. The molecule has 6 atom stereocenters. The largest absolute Gasteiger partial charge is 0.396 e. The van der Waals surface area contributed by atoms with E-state index in [4.69, 9.17) is 9.47 Å². The Kier molecular flexibility index (Phi) is 1.51. The Hall–Kier alpha value is -0.160. The third kappa shape index (κ3) is 0.692. The van der Waals surface area contributed by atoms with Gasteiger partial charge in [0, 0.05) is 25.0 Å². The highest BCUT2D eigenvalue weighted by Gasteiger charge is 2.81. The van der Waals surface area contributed by atoms with Gasteiger partial charge in [0.2, 0.25) is 0 Å². The molecule has 0 aromatic carbocycles. The van der Waals surface area contributed by atoms with Crippen molar-refractivity contribution >= 4 is 0 Å². The molecule has 3 fully saturated rings. The second kappa shape index (κ2) is 2.32. The normalized spacial score (nSPS) is 64.3.